The van der Waals surface area contributed by atoms with Crippen molar-refractivity contribution in [3.05, 3.63) is 28.2 Å². The van der Waals surface area contributed by atoms with Crippen molar-refractivity contribution in [2.24, 2.45) is 0 Å². The maximum Gasteiger partial charge on any atom is 0.0397 e. The first-order chi connectivity index (χ1) is 8.74. The van der Waals surface area contributed by atoms with Gasteiger partial charge in [-0.15, -0.1) is 0 Å². The molecule has 0 bridgehead atoms. The van der Waals surface area contributed by atoms with Crippen LogP contribution in [0.15, 0.2) is 22.7 Å². The van der Waals surface area contributed by atoms with Crippen LogP contribution in [0.1, 0.15) is 24.8 Å². The van der Waals surface area contributed by atoms with E-state index >= 15 is 0 Å². The van der Waals surface area contributed by atoms with Crippen molar-refractivity contribution in [3.63, 3.8) is 0 Å². The van der Waals surface area contributed by atoms with Crippen LogP contribution >= 0.6 is 15.9 Å². The van der Waals surface area contributed by atoms with Crippen molar-refractivity contribution < 1.29 is 0 Å². The molecule has 98 valence electrons. The van der Waals surface area contributed by atoms with Gasteiger partial charge in [0, 0.05) is 35.8 Å². The molecule has 2 nitrogen and oxygen atoms in total. The predicted octanol–water partition coefficient (Wildman–Crippen LogP) is 3.43. The third-order valence-electron chi connectivity index (χ3n) is 4.34. The molecule has 0 spiro atoms. The average Bonchev–Trinajstić information content (AvgIpc) is 2.38. The van der Waals surface area contributed by atoms with Crippen LogP contribution in [0.3, 0.4) is 0 Å². The van der Waals surface area contributed by atoms with Gasteiger partial charge >= 0.3 is 0 Å². The Morgan fingerprint density at radius 2 is 2.06 bits per heavy atom. The first kappa shape index (κ1) is 12.5. The summed E-state index contributed by atoms with van der Waals surface area (Å²) in [6, 6.07) is 7.44. The molecular formula is C15H21BrN2. The standard InChI is InChI=1S/C15H21BrN2/c1-12-10-13(16)5-6-15(12)18-9-8-17-7-3-2-4-14(17)11-18/h5-6,10,14H,2-4,7-9,11H2,1H3. The Kier molecular flexibility index (Phi) is 3.62. The minimum Gasteiger partial charge on any atom is -0.368 e. The predicted molar refractivity (Wildman–Crippen MR) is 80.3 cm³/mol. The highest BCUT2D eigenvalue weighted by atomic mass is 79.9. The van der Waals surface area contributed by atoms with Crippen LogP contribution in [0.25, 0.3) is 0 Å². The summed E-state index contributed by atoms with van der Waals surface area (Å²) in [6.45, 7) is 7.16. The van der Waals surface area contributed by atoms with Gasteiger partial charge in [-0.3, -0.25) is 4.90 Å². The highest BCUT2D eigenvalue weighted by Crippen LogP contribution is 2.28. The van der Waals surface area contributed by atoms with E-state index in [4.69, 9.17) is 0 Å². The van der Waals surface area contributed by atoms with Crippen molar-refractivity contribution in [1.82, 2.24) is 4.90 Å². The highest BCUT2D eigenvalue weighted by molar-refractivity contribution is 9.10. The molecule has 2 aliphatic rings. The van der Waals surface area contributed by atoms with Crippen LogP contribution in [-0.2, 0) is 0 Å². The number of rotatable bonds is 1. The normalized spacial score (nSPS) is 25.0. The van der Waals surface area contributed by atoms with Crippen molar-refractivity contribution in [2.75, 3.05) is 31.1 Å². The zero-order valence-electron chi connectivity index (χ0n) is 11.0. The summed E-state index contributed by atoms with van der Waals surface area (Å²) in [4.78, 5) is 5.27. The van der Waals surface area contributed by atoms with Crippen LogP contribution in [0, 0.1) is 6.92 Å². The molecule has 0 radical (unpaired) electrons. The van der Waals surface area contributed by atoms with Gasteiger partial charge in [0.1, 0.15) is 0 Å². The number of piperidine rings is 1. The summed E-state index contributed by atoms with van der Waals surface area (Å²) < 4.78 is 1.18. The van der Waals surface area contributed by atoms with E-state index in [-0.39, 0.29) is 0 Å². The van der Waals surface area contributed by atoms with E-state index in [1.807, 2.05) is 0 Å². The number of fused-ring (bicyclic) bond motifs is 1. The summed E-state index contributed by atoms with van der Waals surface area (Å²) in [5.41, 5.74) is 2.80. The maximum absolute atomic E-state index is 3.55. The summed E-state index contributed by atoms with van der Waals surface area (Å²) >= 11 is 3.55. The monoisotopic (exact) mass is 308 g/mol. The molecular weight excluding hydrogens is 288 g/mol. The molecule has 3 heteroatoms. The Labute approximate surface area is 118 Å². The van der Waals surface area contributed by atoms with Gasteiger partial charge in [-0.05, 0) is 50.1 Å². The van der Waals surface area contributed by atoms with Crippen molar-refractivity contribution in [3.8, 4) is 0 Å². The quantitative estimate of drug-likeness (QED) is 0.784. The number of nitrogens with zero attached hydrogens (tertiary/aromatic N) is 2. The molecule has 2 saturated heterocycles. The van der Waals surface area contributed by atoms with Crippen molar-refractivity contribution in [2.45, 2.75) is 32.2 Å². The minimum absolute atomic E-state index is 0.788. The molecule has 1 atom stereocenters. The number of piperazine rings is 1. The molecule has 2 aliphatic heterocycles. The summed E-state index contributed by atoms with van der Waals surface area (Å²) in [5.74, 6) is 0. The number of benzene rings is 1. The number of halogens is 1. The molecule has 2 heterocycles. The van der Waals surface area contributed by atoms with Gasteiger partial charge in [-0.25, -0.2) is 0 Å². The lowest BCUT2D eigenvalue weighted by molar-refractivity contribution is 0.133. The zero-order chi connectivity index (χ0) is 12.5. The molecule has 3 rings (SSSR count). The first-order valence-corrected chi connectivity index (χ1v) is 7.78. The van der Waals surface area contributed by atoms with E-state index in [2.05, 4.69) is 50.9 Å². The molecule has 1 aromatic rings. The third kappa shape index (κ3) is 2.43. The molecule has 0 N–H and O–H groups in total. The van der Waals surface area contributed by atoms with Gasteiger partial charge in [-0.2, -0.15) is 0 Å². The van der Waals surface area contributed by atoms with Gasteiger partial charge in [0.05, 0.1) is 0 Å². The zero-order valence-corrected chi connectivity index (χ0v) is 12.6. The van der Waals surface area contributed by atoms with Crippen LogP contribution in [0.2, 0.25) is 0 Å². The lowest BCUT2D eigenvalue weighted by atomic mass is 9.99. The second-order valence-corrected chi connectivity index (χ2v) is 6.48. The van der Waals surface area contributed by atoms with Crippen LogP contribution in [-0.4, -0.2) is 37.1 Å². The van der Waals surface area contributed by atoms with Gasteiger partial charge < -0.3 is 4.90 Å². The Bertz CT molecular complexity index is 433. The molecule has 0 amide bonds. The molecule has 18 heavy (non-hydrogen) atoms. The smallest absolute Gasteiger partial charge is 0.0397 e. The van der Waals surface area contributed by atoms with Crippen LogP contribution in [0.5, 0.6) is 0 Å². The van der Waals surface area contributed by atoms with Gasteiger partial charge in [0.25, 0.3) is 0 Å². The topological polar surface area (TPSA) is 6.48 Å². The lowest BCUT2D eigenvalue weighted by Crippen LogP contribution is -2.55. The molecule has 1 aromatic carbocycles. The van der Waals surface area contributed by atoms with Crippen molar-refractivity contribution in [1.29, 1.82) is 0 Å². The number of hydrogen-bond acceptors (Lipinski definition) is 2. The van der Waals surface area contributed by atoms with Gasteiger partial charge in [0.15, 0.2) is 0 Å². The molecule has 0 aliphatic carbocycles. The second kappa shape index (κ2) is 5.22. The SMILES string of the molecule is Cc1cc(Br)ccc1N1CCN2CCCCC2C1. The van der Waals surface area contributed by atoms with E-state index in [9.17, 15) is 0 Å². The lowest BCUT2D eigenvalue weighted by Gasteiger charge is -2.45. The Morgan fingerprint density at radius 3 is 2.89 bits per heavy atom. The second-order valence-electron chi connectivity index (χ2n) is 5.56. The average molecular weight is 309 g/mol. The fraction of sp³-hybridized carbons (Fsp3) is 0.600. The molecule has 0 saturated carbocycles. The van der Waals surface area contributed by atoms with Crippen LogP contribution < -0.4 is 4.90 Å². The van der Waals surface area contributed by atoms with E-state index < -0.39 is 0 Å². The first-order valence-electron chi connectivity index (χ1n) is 6.99. The third-order valence-corrected chi connectivity index (χ3v) is 4.83. The summed E-state index contributed by atoms with van der Waals surface area (Å²) in [6.07, 6.45) is 4.19. The minimum atomic E-state index is 0.788. The van der Waals surface area contributed by atoms with Crippen LogP contribution in [0.4, 0.5) is 5.69 Å². The van der Waals surface area contributed by atoms with Gasteiger partial charge in [0.2, 0.25) is 0 Å². The Hall–Kier alpha value is -0.540. The number of hydrogen-bond donors (Lipinski definition) is 0. The maximum atomic E-state index is 3.55. The number of anilines is 1. The fourth-order valence-corrected chi connectivity index (χ4v) is 3.82. The fourth-order valence-electron chi connectivity index (χ4n) is 3.35. The van der Waals surface area contributed by atoms with Gasteiger partial charge in [-0.1, -0.05) is 22.4 Å². The Morgan fingerprint density at radius 1 is 1.17 bits per heavy atom. The summed E-state index contributed by atoms with van der Waals surface area (Å²) in [7, 11) is 0. The number of aryl methyl sites for hydroxylation is 1. The molecule has 2 fully saturated rings. The van der Waals surface area contributed by atoms with E-state index in [0.29, 0.717) is 0 Å². The van der Waals surface area contributed by atoms with E-state index in [0.717, 1.165) is 6.04 Å². The van der Waals surface area contributed by atoms with Crippen molar-refractivity contribution >= 4 is 21.6 Å². The van der Waals surface area contributed by atoms with E-state index in [1.54, 1.807) is 0 Å². The van der Waals surface area contributed by atoms with E-state index in [1.165, 1.54) is 61.2 Å². The largest absolute Gasteiger partial charge is 0.368 e. The highest BCUT2D eigenvalue weighted by Gasteiger charge is 2.29. The summed E-state index contributed by atoms with van der Waals surface area (Å²) in [5, 5.41) is 0. The molecule has 1 unspecified atom stereocenters. The Balaban J connectivity index is 1.77. The molecule has 0 aromatic heterocycles.